The van der Waals surface area contributed by atoms with E-state index in [1.165, 1.54) is 43.3 Å². The number of Topliss-reactive ketones (excluding diaryl/α,β-unsaturated/α-hetero) is 1. The molecule has 6 nitrogen and oxygen atoms in total. The molecule has 0 heterocycles. The van der Waals surface area contributed by atoms with E-state index < -0.39 is 15.9 Å². The van der Waals surface area contributed by atoms with Crippen LogP contribution in [-0.2, 0) is 10.0 Å². The van der Waals surface area contributed by atoms with Crippen molar-refractivity contribution in [2.75, 3.05) is 4.72 Å². The monoisotopic (exact) mass is 318 g/mol. The first-order valence-corrected chi connectivity index (χ1v) is 7.82. The van der Waals surface area contributed by atoms with Crippen molar-refractivity contribution in [1.82, 2.24) is 0 Å². The molecule has 114 valence electrons. The van der Waals surface area contributed by atoms with Crippen molar-refractivity contribution in [3.8, 4) is 0 Å². The van der Waals surface area contributed by atoms with E-state index in [0.29, 0.717) is 0 Å². The van der Waals surface area contributed by atoms with E-state index >= 15 is 0 Å². The van der Waals surface area contributed by atoms with Gasteiger partial charge in [0.25, 0.3) is 15.9 Å². The highest BCUT2D eigenvalue weighted by Gasteiger charge is 2.18. The Hall–Kier alpha value is -2.67. The maximum absolute atomic E-state index is 12.4. The standard InChI is InChI=1S/C15H14N2O4S/c1-10(18)11-5-4-6-12(9-11)22(20,21)17-14-8-3-2-7-13(14)15(16)19/h2-9,17H,1H3,(H2,16,19). The van der Waals surface area contributed by atoms with Crippen LogP contribution in [0.4, 0.5) is 5.69 Å². The molecule has 0 radical (unpaired) electrons. The predicted octanol–water partition coefficient (Wildman–Crippen LogP) is 1.79. The summed E-state index contributed by atoms with van der Waals surface area (Å²) in [5.41, 5.74) is 5.65. The number of hydrogen-bond donors (Lipinski definition) is 2. The van der Waals surface area contributed by atoms with Crippen LogP contribution >= 0.6 is 0 Å². The van der Waals surface area contributed by atoms with E-state index in [9.17, 15) is 18.0 Å². The molecule has 0 saturated heterocycles. The van der Waals surface area contributed by atoms with E-state index in [1.54, 1.807) is 12.1 Å². The second kappa shape index (κ2) is 5.98. The summed E-state index contributed by atoms with van der Waals surface area (Å²) in [6, 6.07) is 11.7. The Kier molecular flexibility index (Phi) is 4.27. The highest BCUT2D eigenvalue weighted by Crippen LogP contribution is 2.20. The van der Waals surface area contributed by atoms with E-state index in [0.717, 1.165) is 0 Å². The molecule has 2 aromatic carbocycles. The molecule has 0 saturated carbocycles. The topological polar surface area (TPSA) is 106 Å². The van der Waals surface area contributed by atoms with E-state index in [4.69, 9.17) is 5.73 Å². The number of amides is 1. The lowest BCUT2D eigenvalue weighted by Gasteiger charge is -2.11. The zero-order chi connectivity index (χ0) is 16.3. The summed E-state index contributed by atoms with van der Waals surface area (Å²) in [4.78, 5) is 22.6. The first-order chi connectivity index (χ1) is 10.3. The lowest BCUT2D eigenvalue weighted by Crippen LogP contribution is -2.18. The smallest absolute Gasteiger partial charge is 0.261 e. The Bertz CT molecular complexity index is 844. The molecule has 0 aliphatic heterocycles. The summed E-state index contributed by atoms with van der Waals surface area (Å²) in [5.74, 6) is -0.981. The SMILES string of the molecule is CC(=O)c1cccc(S(=O)(=O)Nc2ccccc2C(N)=O)c1. The van der Waals surface area contributed by atoms with Crippen LogP contribution in [0.25, 0.3) is 0 Å². The van der Waals surface area contributed by atoms with Gasteiger partial charge in [0.15, 0.2) is 5.78 Å². The number of sulfonamides is 1. The van der Waals surface area contributed by atoms with Gasteiger partial charge in [0.1, 0.15) is 0 Å². The number of carbonyl (C=O) groups excluding carboxylic acids is 2. The first-order valence-electron chi connectivity index (χ1n) is 6.34. The van der Waals surface area contributed by atoms with Crippen LogP contribution in [-0.4, -0.2) is 20.1 Å². The van der Waals surface area contributed by atoms with Crippen molar-refractivity contribution in [3.05, 3.63) is 59.7 Å². The highest BCUT2D eigenvalue weighted by molar-refractivity contribution is 7.92. The normalized spacial score (nSPS) is 11.0. The van der Waals surface area contributed by atoms with Crippen molar-refractivity contribution in [1.29, 1.82) is 0 Å². The van der Waals surface area contributed by atoms with Crippen molar-refractivity contribution in [2.45, 2.75) is 11.8 Å². The van der Waals surface area contributed by atoms with Gasteiger partial charge in [-0.3, -0.25) is 14.3 Å². The number of nitrogens with one attached hydrogen (secondary N) is 1. The van der Waals surface area contributed by atoms with Gasteiger partial charge in [0.05, 0.1) is 16.1 Å². The third kappa shape index (κ3) is 3.32. The summed E-state index contributed by atoms with van der Waals surface area (Å²) in [6.45, 7) is 1.35. The summed E-state index contributed by atoms with van der Waals surface area (Å²) in [6.07, 6.45) is 0. The van der Waals surface area contributed by atoms with Crippen LogP contribution < -0.4 is 10.5 Å². The number of para-hydroxylation sites is 1. The van der Waals surface area contributed by atoms with Gasteiger partial charge in [-0.1, -0.05) is 24.3 Å². The van der Waals surface area contributed by atoms with Crippen molar-refractivity contribution >= 4 is 27.4 Å². The average molecular weight is 318 g/mol. The minimum absolute atomic E-state index is 0.0637. The van der Waals surface area contributed by atoms with Crippen LogP contribution in [0.2, 0.25) is 0 Å². The number of benzene rings is 2. The summed E-state index contributed by atoms with van der Waals surface area (Å²) in [5, 5.41) is 0. The molecule has 0 fully saturated rings. The second-order valence-electron chi connectivity index (χ2n) is 4.60. The van der Waals surface area contributed by atoms with Gasteiger partial charge in [-0.05, 0) is 31.2 Å². The van der Waals surface area contributed by atoms with E-state index in [2.05, 4.69) is 4.72 Å². The molecule has 3 N–H and O–H groups in total. The molecular formula is C15H14N2O4S. The number of nitrogens with two attached hydrogens (primary N) is 1. The summed E-state index contributed by atoms with van der Waals surface area (Å²) >= 11 is 0. The average Bonchev–Trinajstić information content (AvgIpc) is 2.47. The third-order valence-electron chi connectivity index (χ3n) is 2.99. The lowest BCUT2D eigenvalue weighted by atomic mass is 10.2. The van der Waals surface area contributed by atoms with Gasteiger partial charge in [0, 0.05) is 5.56 Å². The number of hydrogen-bond acceptors (Lipinski definition) is 4. The lowest BCUT2D eigenvalue weighted by molar-refractivity contribution is 0.0997. The summed E-state index contributed by atoms with van der Waals surface area (Å²) < 4.78 is 27.1. The van der Waals surface area contributed by atoms with E-state index in [1.807, 2.05) is 0 Å². The van der Waals surface area contributed by atoms with Gasteiger partial charge >= 0.3 is 0 Å². The van der Waals surface area contributed by atoms with Gasteiger partial charge in [0.2, 0.25) is 0 Å². The maximum atomic E-state index is 12.4. The number of carbonyl (C=O) groups is 2. The fraction of sp³-hybridized carbons (Fsp3) is 0.0667. The third-order valence-corrected chi connectivity index (χ3v) is 4.35. The zero-order valence-electron chi connectivity index (χ0n) is 11.7. The number of rotatable bonds is 5. The Morgan fingerprint density at radius 3 is 2.36 bits per heavy atom. The predicted molar refractivity (Wildman–Crippen MR) is 82.2 cm³/mol. The zero-order valence-corrected chi connectivity index (χ0v) is 12.6. The first kappa shape index (κ1) is 15.7. The molecule has 0 aromatic heterocycles. The molecule has 1 amide bonds. The van der Waals surface area contributed by atoms with Gasteiger partial charge in [-0.25, -0.2) is 8.42 Å². The number of ketones is 1. The number of anilines is 1. The minimum Gasteiger partial charge on any atom is -0.366 e. The molecule has 0 spiro atoms. The molecule has 0 atom stereocenters. The number of primary amides is 1. The van der Waals surface area contributed by atoms with Crippen molar-refractivity contribution < 1.29 is 18.0 Å². The second-order valence-corrected chi connectivity index (χ2v) is 6.28. The minimum atomic E-state index is -3.94. The fourth-order valence-electron chi connectivity index (χ4n) is 1.87. The van der Waals surface area contributed by atoms with Crippen LogP contribution in [0.5, 0.6) is 0 Å². The Morgan fingerprint density at radius 2 is 1.73 bits per heavy atom. The fourth-order valence-corrected chi connectivity index (χ4v) is 3.00. The van der Waals surface area contributed by atoms with Crippen LogP contribution in [0, 0.1) is 0 Å². The van der Waals surface area contributed by atoms with Gasteiger partial charge in [-0.15, -0.1) is 0 Å². The molecule has 2 aromatic rings. The molecule has 22 heavy (non-hydrogen) atoms. The molecule has 2 rings (SSSR count). The van der Waals surface area contributed by atoms with Gasteiger partial charge < -0.3 is 5.73 Å². The van der Waals surface area contributed by atoms with Crippen molar-refractivity contribution in [2.24, 2.45) is 5.73 Å². The van der Waals surface area contributed by atoms with Crippen LogP contribution in [0.15, 0.2) is 53.4 Å². The van der Waals surface area contributed by atoms with E-state index in [-0.39, 0.29) is 27.5 Å². The largest absolute Gasteiger partial charge is 0.366 e. The van der Waals surface area contributed by atoms with Crippen LogP contribution in [0.1, 0.15) is 27.6 Å². The molecule has 7 heteroatoms. The Morgan fingerprint density at radius 1 is 1.05 bits per heavy atom. The molecule has 0 aliphatic carbocycles. The molecule has 0 aliphatic rings. The highest BCUT2D eigenvalue weighted by atomic mass is 32.2. The van der Waals surface area contributed by atoms with Crippen LogP contribution in [0.3, 0.4) is 0 Å². The van der Waals surface area contributed by atoms with Crippen molar-refractivity contribution in [3.63, 3.8) is 0 Å². The molecule has 0 bridgehead atoms. The van der Waals surface area contributed by atoms with Gasteiger partial charge in [-0.2, -0.15) is 0 Å². The maximum Gasteiger partial charge on any atom is 0.261 e. The summed E-state index contributed by atoms with van der Waals surface area (Å²) in [7, 11) is -3.94. The molecular weight excluding hydrogens is 304 g/mol. The quantitative estimate of drug-likeness (QED) is 0.820. The Balaban J connectivity index is 2.43. The molecule has 0 unspecified atom stereocenters. The Labute approximate surface area is 128 Å².